The van der Waals surface area contributed by atoms with Gasteiger partial charge in [-0.05, 0) is 51.6 Å². The molecule has 0 amide bonds. The smallest absolute Gasteiger partial charge is 0.138 e. The van der Waals surface area contributed by atoms with E-state index in [4.69, 9.17) is 16.3 Å². The molecule has 0 fully saturated rings. The minimum absolute atomic E-state index is 0.709. The van der Waals surface area contributed by atoms with Crippen molar-refractivity contribution >= 4 is 11.6 Å². The van der Waals surface area contributed by atoms with Crippen molar-refractivity contribution < 1.29 is 4.74 Å². The number of aryl methyl sites for hydroxylation is 1. The van der Waals surface area contributed by atoms with Gasteiger partial charge >= 0.3 is 0 Å². The van der Waals surface area contributed by atoms with Crippen molar-refractivity contribution in [1.82, 2.24) is 4.90 Å². The van der Waals surface area contributed by atoms with Crippen molar-refractivity contribution in [3.05, 3.63) is 28.3 Å². The second-order valence-electron chi connectivity index (χ2n) is 4.32. The van der Waals surface area contributed by atoms with Crippen molar-refractivity contribution in [2.24, 2.45) is 0 Å². The Bertz CT molecular complexity index is 350. The number of ether oxygens (including phenoxy) is 1. The lowest BCUT2D eigenvalue weighted by atomic mass is 10.1. The minimum Gasteiger partial charge on any atom is -0.492 e. The standard InChI is InChI=1S/C13H20ClNO/c1-10-6-7-12(13(14)11(10)2)16-9-5-8-15(3)4/h6-7H,5,8-9H2,1-4H3. The van der Waals surface area contributed by atoms with Gasteiger partial charge in [-0.2, -0.15) is 0 Å². The zero-order valence-electron chi connectivity index (χ0n) is 10.5. The summed E-state index contributed by atoms with van der Waals surface area (Å²) >= 11 is 6.20. The third-order valence-corrected chi connectivity index (χ3v) is 3.10. The molecule has 0 N–H and O–H groups in total. The van der Waals surface area contributed by atoms with E-state index in [1.807, 2.05) is 19.1 Å². The minimum atomic E-state index is 0.709. The Hall–Kier alpha value is -0.730. The molecule has 0 aliphatic carbocycles. The molecule has 1 rings (SSSR count). The van der Waals surface area contributed by atoms with E-state index >= 15 is 0 Å². The number of nitrogens with zero attached hydrogens (tertiary/aromatic N) is 1. The van der Waals surface area contributed by atoms with E-state index in [1.165, 1.54) is 5.56 Å². The molecule has 1 aromatic carbocycles. The Kier molecular flexibility index (Phi) is 5.10. The van der Waals surface area contributed by atoms with Gasteiger partial charge in [-0.25, -0.2) is 0 Å². The lowest BCUT2D eigenvalue weighted by molar-refractivity contribution is 0.281. The van der Waals surface area contributed by atoms with Gasteiger partial charge in [-0.15, -0.1) is 0 Å². The number of rotatable bonds is 5. The number of halogens is 1. The predicted molar refractivity (Wildman–Crippen MR) is 69.6 cm³/mol. The Morgan fingerprint density at radius 2 is 1.94 bits per heavy atom. The molecule has 0 saturated heterocycles. The van der Waals surface area contributed by atoms with E-state index < -0.39 is 0 Å². The first-order valence-corrected chi connectivity index (χ1v) is 5.93. The average Bonchev–Trinajstić information content (AvgIpc) is 2.23. The Labute approximate surface area is 103 Å². The van der Waals surface area contributed by atoms with Crippen LogP contribution in [0.5, 0.6) is 5.75 Å². The van der Waals surface area contributed by atoms with Gasteiger partial charge in [0.15, 0.2) is 0 Å². The summed E-state index contributed by atoms with van der Waals surface area (Å²) < 4.78 is 5.66. The molecule has 0 atom stereocenters. The molecule has 3 heteroatoms. The van der Waals surface area contributed by atoms with E-state index in [0.717, 1.165) is 29.3 Å². The van der Waals surface area contributed by atoms with Crippen LogP contribution in [0.4, 0.5) is 0 Å². The van der Waals surface area contributed by atoms with Crippen LogP contribution in [0.1, 0.15) is 17.5 Å². The SMILES string of the molecule is Cc1ccc(OCCCN(C)C)c(Cl)c1C. The molecule has 16 heavy (non-hydrogen) atoms. The highest BCUT2D eigenvalue weighted by Crippen LogP contribution is 2.29. The molecule has 0 radical (unpaired) electrons. The first-order chi connectivity index (χ1) is 7.52. The largest absolute Gasteiger partial charge is 0.492 e. The number of benzene rings is 1. The van der Waals surface area contributed by atoms with Crippen LogP contribution < -0.4 is 4.74 Å². The van der Waals surface area contributed by atoms with Gasteiger partial charge in [-0.1, -0.05) is 17.7 Å². The van der Waals surface area contributed by atoms with E-state index in [9.17, 15) is 0 Å². The monoisotopic (exact) mass is 241 g/mol. The molecule has 0 saturated carbocycles. The lowest BCUT2D eigenvalue weighted by Crippen LogP contribution is -2.15. The van der Waals surface area contributed by atoms with Crippen LogP contribution in [0.25, 0.3) is 0 Å². The topological polar surface area (TPSA) is 12.5 Å². The number of hydrogen-bond donors (Lipinski definition) is 0. The van der Waals surface area contributed by atoms with E-state index in [1.54, 1.807) is 0 Å². The average molecular weight is 242 g/mol. The highest BCUT2D eigenvalue weighted by Gasteiger charge is 2.06. The zero-order chi connectivity index (χ0) is 12.1. The quantitative estimate of drug-likeness (QED) is 0.734. The number of hydrogen-bond acceptors (Lipinski definition) is 2. The van der Waals surface area contributed by atoms with Crippen molar-refractivity contribution in [2.45, 2.75) is 20.3 Å². The third-order valence-electron chi connectivity index (χ3n) is 2.63. The molecule has 90 valence electrons. The summed E-state index contributed by atoms with van der Waals surface area (Å²) in [5.74, 6) is 0.795. The summed E-state index contributed by atoms with van der Waals surface area (Å²) in [7, 11) is 4.12. The van der Waals surface area contributed by atoms with Crippen molar-refractivity contribution in [3.8, 4) is 5.75 Å². The molecule has 0 heterocycles. The van der Waals surface area contributed by atoms with Crippen LogP contribution in [0.2, 0.25) is 5.02 Å². The molecular formula is C13H20ClNO. The van der Waals surface area contributed by atoms with Crippen LogP contribution in [0.3, 0.4) is 0 Å². The summed E-state index contributed by atoms with van der Waals surface area (Å²) in [6, 6.07) is 3.99. The molecular weight excluding hydrogens is 222 g/mol. The highest BCUT2D eigenvalue weighted by molar-refractivity contribution is 6.32. The Morgan fingerprint density at radius 1 is 1.25 bits per heavy atom. The van der Waals surface area contributed by atoms with Crippen LogP contribution >= 0.6 is 11.6 Å². The van der Waals surface area contributed by atoms with E-state index in [2.05, 4.69) is 25.9 Å². The maximum atomic E-state index is 6.20. The predicted octanol–water partition coefficient (Wildman–Crippen LogP) is 3.29. The van der Waals surface area contributed by atoms with Crippen molar-refractivity contribution in [3.63, 3.8) is 0 Å². The lowest BCUT2D eigenvalue weighted by Gasteiger charge is -2.13. The second-order valence-corrected chi connectivity index (χ2v) is 4.70. The van der Waals surface area contributed by atoms with Crippen LogP contribution in [-0.2, 0) is 0 Å². The van der Waals surface area contributed by atoms with Gasteiger partial charge < -0.3 is 9.64 Å². The normalized spacial score (nSPS) is 10.9. The maximum Gasteiger partial charge on any atom is 0.138 e. The molecule has 0 aromatic heterocycles. The first kappa shape index (κ1) is 13.3. The summed E-state index contributed by atoms with van der Waals surface area (Å²) in [6.07, 6.45) is 1.01. The molecule has 0 spiro atoms. The van der Waals surface area contributed by atoms with Gasteiger partial charge in [0.2, 0.25) is 0 Å². The molecule has 0 unspecified atom stereocenters. The summed E-state index contributed by atoms with van der Waals surface area (Å²) in [5, 5.41) is 0.741. The van der Waals surface area contributed by atoms with Crippen LogP contribution in [0, 0.1) is 13.8 Å². The summed E-state index contributed by atoms with van der Waals surface area (Å²) in [6.45, 7) is 5.81. The summed E-state index contributed by atoms with van der Waals surface area (Å²) in [4.78, 5) is 2.14. The van der Waals surface area contributed by atoms with Gasteiger partial charge in [-0.3, -0.25) is 0 Å². The highest BCUT2D eigenvalue weighted by atomic mass is 35.5. The molecule has 0 bridgehead atoms. The van der Waals surface area contributed by atoms with Gasteiger partial charge in [0.1, 0.15) is 5.75 Å². The van der Waals surface area contributed by atoms with E-state index in [-0.39, 0.29) is 0 Å². The van der Waals surface area contributed by atoms with Crippen LogP contribution in [-0.4, -0.2) is 32.1 Å². The second kappa shape index (κ2) is 6.12. The van der Waals surface area contributed by atoms with Crippen molar-refractivity contribution in [2.75, 3.05) is 27.2 Å². The fourth-order valence-corrected chi connectivity index (χ4v) is 1.70. The van der Waals surface area contributed by atoms with Gasteiger partial charge in [0.25, 0.3) is 0 Å². The van der Waals surface area contributed by atoms with Crippen LogP contribution in [0.15, 0.2) is 12.1 Å². The van der Waals surface area contributed by atoms with E-state index in [0.29, 0.717) is 6.61 Å². The zero-order valence-corrected chi connectivity index (χ0v) is 11.3. The van der Waals surface area contributed by atoms with Gasteiger partial charge in [0.05, 0.1) is 11.6 Å². The first-order valence-electron chi connectivity index (χ1n) is 5.55. The molecule has 0 aliphatic heterocycles. The van der Waals surface area contributed by atoms with Crippen molar-refractivity contribution in [1.29, 1.82) is 0 Å². The fraction of sp³-hybridized carbons (Fsp3) is 0.538. The van der Waals surface area contributed by atoms with Gasteiger partial charge in [0, 0.05) is 6.54 Å². The summed E-state index contributed by atoms with van der Waals surface area (Å²) in [5.41, 5.74) is 2.30. The maximum absolute atomic E-state index is 6.20. The molecule has 2 nitrogen and oxygen atoms in total. The fourth-order valence-electron chi connectivity index (χ4n) is 1.43. The molecule has 0 aliphatic rings. The third kappa shape index (κ3) is 3.69. The Balaban J connectivity index is 2.52. The Morgan fingerprint density at radius 3 is 2.56 bits per heavy atom. The molecule has 1 aromatic rings.